The summed E-state index contributed by atoms with van der Waals surface area (Å²) >= 11 is 6.70. The average molecular weight is 375 g/mol. The van der Waals surface area contributed by atoms with Crippen LogP contribution in [0.5, 0.6) is 0 Å². The molecule has 2 atom stereocenters. The number of ether oxygens (including phenoxy) is 1. The minimum atomic E-state index is -0.138. The first-order chi connectivity index (χ1) is 12.6. The van der Waals surface area contributed by atoms with Crippen molar-refractivity contribution in [2.75, 3.05) is 18.0 Å². The first-order valence-electron chi connectivity index (χ1n) is 8.46. The SMILES string of the molecule is CC1CN(c2c(CO)cc3c(-c4cncnc4)noc3c2Cl)CC(C)O1. The number of benzene rings is 1. The van der Waals surface area contributed by atoms with E-state index in [2.05, 4.69) is 20.0 Å². The molecule has 2 unspecified atom stereocenters. The Morgan fingerprint density at radius 2 is 1.92 bits per heavy atom. The third-order valence-electron chi connectivity index (χ3n) is 4.50. The fourth-order valence-electron chi connectivity index (χ4n) is 3.53. The summed E-state index contributed by atoms with van der Waals surface area (Å²) in [6.07, 6.45) is 4.93. The molecule has 0 saturated carbocycles. The first kappa shape index (κ1) is 17.2. The first-order valence-corrected chi connectivity index (χ1v) is 8.83. The maximum Gasteiger partial charge on any atom is 0.188 e. The van der Waals surface area contributed by atoms with Gasteiger partial charge in [0.25, 0.3) is 0 Å². The van der Waals surface area contributed by atoms with Crippen LogP contribution in [0.15, 0.2) is 29.3 Å². The average Bonchev–Trinajstić information content (AvgIpc) is 3.05. The minimum Gasteiger partial charge on any atom is -0.392 e. The van der Waals surface area contributed by atoms with Crippen LogP contribution in [0.2, 0.25) is 5.02 Å². The standard InChI is InChI=1S/C18H19ClN4O3/c1-10-6-23(7-11(2)25-10)17-12(8-24)3-14-16(13-4-20-9-21-5-13)22-26-18(14)15(17)19/h3-5,9-11,24H,6-8H2,1-2H3. The van der Waals surface area contributed by atoms with Gasteiger partial charge >= 0.3 is 0 Å². The number of halogens is 1. The van der Waals surface area contributed by atoms with Crippen molar-refractivity contribution in [2.45, 2.75) is 32.7 Å². The van der Waals surface area contributed by atoms with Crippen molar-refractivity contribution in [3.8, 4) is 11.3 Å². The molecule has 2 aromatic heterocycles. The summed E-state index contributed by atoms with van der Waals surface area (Å²) in [5.74, 6) is 0. The molecular formula is C18H19ClN4O3. The fourth-order valence-corrected chi connectivity index (χ4v) is 3.91. The molecule has 1 fully saturated rings. The lowest BCUT2D eigenvalue weighted by atomic mass is 10.0. The van der Waals surface area contributed by atoms with E-state index < -0.39 is 0 Å². The van der Waals surface area contributed by atoms with Crippen molar-refractivity contribution in [3.05, 3.63) is 35.4 Å². The largest absolute Gasteiger partial charge is 0.392 e. The third kappa shape index (κ3) is 2.92. The summed E-state index contributed by atoms with van der Waals surface area (Å²) in [6, 6.07) is 1.88. The summed E-state index contributed by atoms with van der Waals surface area (Å²) in [5.41, 5.74) is 3.32. The second-order valence-electron chi connectivity index (χ2n) is 6.55. The van der Waals surface area contributed by atoms with Crippen LogP contribution < -0.4 is 4.90 Å². The van der Waals surface area contributed by atoms with Crippen LogP contribution in [0, 0.1) is 0 Å². The molecule has 0 aliphatic carbocycles. The molecule has 3 aromatic rings. The highest BCUT2D eigenvalue weighted by atomic mass is 35.5. The number of aliphatic hydroxyl groups excluding tert-OH is 1. The molecule has 0 spiro atoms. The number of fused-ring (bicyclic) bond motifs is 1. The van der Waals surface area contributed by atoms with Crippen LogP contribution in [0.1, 0.15) is 19.4 Å². The normalized spacial score (nSPS) is 20.7. The van der Waals surface area contributed by atoms with Gasteiger partial charge in [0.15, 0.2) is 5.58 Å². The van der Waals surface area contributed by atoms with Gasteiger partial charge in [0, 0.05) is 36.6 Å². The van der Waals surface area contributed by atoms with Gasteiger partial charge in [0.2, 0.25) is 0 Å². The Kier molecular flexibility index (Phi) is 4.52. The molecule has 1 aliphatic rings. The number of hydrogen-bond acceptors (Lipinski definition) is 7. The monoisotopic (exact) mass is 374 g/mol. The molecule has 8 heteroatoms. The van der Waals surface area contributed by atoms with Gasteiger partial charge in [0.05, 0.1) is 29.9 Å². The molecule has 26 heavy (non-hydrogen) atoms. The van der Waals surface area contributed by atoms with Gasteiger partial charge in [-0.2, -0.15) is 0 Å². The molecule has 7 nitrogen and oxygen atoms in total. The molecular weight excluding hydrogens is 356 g/mol. The number of aromatic nitrogens is 3. The maximum atomic E-state index is 9.97. The van der Waals surface area contributed by atoms with E-state index in [1.807, 2.05) is 19.9 Å². The number of morpholine rings is 1. The van der Waals surface area contributed by atoms with Gasteiger partial charge < -0.3 is 19.3 Å². The van der Waals surface area contributed by atoms with E-state index in [-0.39, 0.29) is 18.8 Å². The molecule has 1 N–H and O–H groups in total. The summed E-state index contributed by atoms with van der Waals surface area (Å²) in [5, 5.41) is 15.3. The van der Waals surface area contributed by atoms with Crippen molar-refractivity contribution in [2.24, 2.45) is 0 Å². The highest BCUT2D eigenvalue weighted by Gasteiger charge is 2.28. The highest BCUT2D eigenvalue weighted by molar-refractivity contribution is 6.38. The van der Waals surface area contributed by atoms with E-state index in [1.54, 1.807) is 12.4 Å². The van der Waals surface area contributed by atoms with Crippen LogP contribution in [-0.2, 0) is 11.3 Å². The Hall–Kier alpha value is -2.22. The predicted octanol–water partition coefficient (Wildman–Crippen LogP) is 3.04. The third-order valence-corrected chi connectivity index (χ3v) is 4.85. The molecule has 4 rings (SSSR count). The van der Waals surface area contributed by atoms with Gasteiger partial charge in [0.1, 0.15) is 17.0 Å². The zero-order valence-corrected chi connectivity index (χ0v) is 15.3. The fraction of sp³-hybridized carbons (Fsp3) is 0.389. The number of hydrogen-bond donors (Lipinski definition) is 1. The van der Waals surface area contributed by atoms with Gasteiger partial charge in [-0.1, -0.05) is 16.8 Å². The lowest BCUT2D eigenvalue weighted by Gasteiger charge is -2.38. The van der Waals surface area contributed by atoms with E-state index in [0.29, 0.717) is 29.4 Å². The van der Waals surface area contributed by atoms with Crippen LogP contribution in [0.3, 0.4) is 0 Å². The Labute approximate surface area is 155 Å². The molecule has 0 amide bonds. The zero-order chi connectivity index (χ0) is 18.3. The highest BCUT2D eigenvalue weighted by Crippen LogP contribution is 2.41. The Morgan fingerprint density at radius 1 is 1.23 bits per heavy atom. The van der Waals surface area contributed by atoms with Crippen LogP contribution in [-0.4, -0.2) is 45.5 Å². The van der Waals surface area contributed by atoms with E-state index in [4.69, 9.17) is 20.9 Å². The smallest absolute Gasteiger partial charge is 0.188 e. The van der Waals surface area contributed by atoms with Gasteiger partial charge in [-0.05, 0) is 19.9 Å². The van der Waals surface area contributed by atoms with Gasteiger partial charge in [-0.15, -0.1) is 0 Å². The van der Waals surface area contributed by atoms with Crippen molar-refractivity contribution in [1.82, 2.24) is 15.1 Å². The quantitative estimate of drug-likeness (QED) is 0.754. The zero-order valence-electron chi connectivity index (χ0n) is 14.5. The molecule has 0 radical (unpaired) electrons. The van der Waals surface area contributed by atoms with Crippen molar-refractivity contribution >= 4 is 28.3 Å². The molecule has 136 valence electrons. The molecule has 1 aliphatic heterocycles. The van der Waals surface area contributed by atoms with Crippen molar-refractivity contribution < 1.29 is 14.4 Å². The summed E-state index contributed by atoms with van der Waals surface area (Å²) < 4.78 is 11.3. The van der Waals surface area contributed by atoms with E-state index >= 15 is 0 Å². The lowest BCUT2D eigenvalue weighted by Crippen LogP contribution is -2.46. The maximum absolute atomic E-state index is 9.97. The second kappa shape index (κ2) is 6.83. The predicted molar refractivity (Wildman–Crippen MR) is 98.2 cm³/mol. The number of anilines is 1. The van der Waals surface area contributed by atoms with Crippen LogP contribution >= 0.6 is 11.6 Å². The van der Waals surface area contributed by atoms with E-state index in [0.717, 1.165) is 22.2 Å². The topological polar surface area (TPSA) is 84.5 Å². The van der Waals surface area contributed by atoms with Crippen LogP contribution in [0.25, 0.3) is 22.2 Å². The minimum absolute atomic E-state index is 0.0730. The lowest BCUT2D eigenvalue weighted by molar-refractivity contribution is -0.00531. The Bertz CT molecular complexity index is 921. The molecule has 3 heterocycles. The molecule has 1 saturated heterocycles. The number of nitrogens with zero attached hydrogens (tertiary/aromatic N) is 4. The number of rotatable bonds is 3. The Morgan fingerprint density at radius 3 is 2.58 bits per heavy atom. The molecule has 0 bridgehead atoms. The molecule has 1 aromatic carbocycles. The summed E-state index contributed by atoms with van der Waals surface area (Å²) in [7, 11) is 0. The van der Waals surface area contributed by atoms with Crippen molar-refractivity contribution in [1.29, 1.82) is 0 Å². The van der Waals surface area contributed by atoms with Crippen molar-refractivity contribution in [3.63, 3.8) is 0 Å². The van der Waals surface area contributed by atoms with Gasteiger partial charge in [-0.25, -0.2) is 9.97 Å². The summed E-state index contributed by atoms with van der Waals surface area (Å²) in [6.45, 7) is 5.29. The van der Waals surface area contributed by atoms with E-state index in [9.17, 15) is 5.11 Å². The second-order valence-corrected chi connectivity index (χ2v) is 6.93. The number of aliphatic hydroxyl groups is 1. The van der Waals surface area contributed by atoms with Crippen LogP contribution in [0.4, 0.5) is 5.69 Å². The van der Waals surface area contributed by atoms with E-state index in [1.165, 1.54) is 6.33 Å². The van der Waals surface area contributed by atoms with Gasteiger partial charge in [-0.3, -0.25) is 0 Å². The Balaban J connectivity index is 1.86. The summed E-state index contributed by atoms with van der Waals surface area (Å²) in [4.78, 5) is 10.2.